The third-order valence-corrected chi connectivity index (χ3v) is 0.649. The Balaban J connectivity index is 3.11. The molecule has 0 aliphatic heterocycles. The van der Waals surface area contributed by atoms with Crippen molar-refractivity contribution >= 4 is 6.72 Å². The van der Waals surface area contributed by atoms with Gasteiger partial charge >= 0.3 is 0 Å². The molecule has 0 N–H and O–H groups in total. The van der Waals surface area contributed by atoms with E-state index >= 15 is 0 Å². The van der Waals surface area contributed by atoms with Crippen LogP contribution >= 0.6 is 0 Å². The van der Waals surface area contributed by atoms with Crippen molar-refractivity contribution < 1.29 is 4.74 Å². The molecule has 2 nitrogen and oxygen atoms in total. The van der Waals surface area contributed by atoms with Gasteiger partial charge in [0.25, 0.3) is 0 Å². The fourth-order valence-corrected chi connectivity index (χ4v) is 0.266. The molecule has 0 heterocycles. The molecule has 0 fully saturated rings. The normalized spacial score (nSPS) is 8.12. The number of ether oxygens (including phenoxy) is 1. The van der Waals surface area contributed by atoms with Crippen LogP contribution in [0, 0.1) is 0 Å². The van der Waals surface area contributed by atoms with E-state index in [1.807, 2.05) is 6.92 Å². The third-order valence-electron chi connectivity index (χ3n) is 0.649. The zero-order valence-electron chi connectivity index (χ0n) is 5.18. The fraction of sp³-hybridized carbons (Fsp3) is 0.500. The molecule has 2 heteroatoms. The van der Waals surface area contributed by atoms with Gasteiger partial charge in [-0.1, -0.05) is 6.92 Å². The second-order valence-electron chi connectivity index (χ2n) is 1.40. The smallest absolute Gasteiger partial charge is 0.205 e. The highest BCUT2D eigenvalue weighted by atomic mass is 16.5. The summed E-state index contributed by atoms with van der Waals surface area (Å²) in [6.07, 6.45) is 0.981. The van der Waals surface area contributed by atoms with Crippen molar-refractivity contribution in [3.05, 3.63) is 12.5 Å². The monoisotopic (exact) mass is 113 g/mol. The van der Waals surface area contributed by atoms with Gasteiger partial charge in [-0.15, -0.1) is 0 Å². The van der Waals surface area contributed by atoms with Crippen molar-refractivity contribution in [2.75, 3.05) is 6.61 Å². The maximum Gasteiger partial charge on any atom is 0.205 e. The van der Waals surface area contributed by atoms with E-state index in [1.165, 1.54) is 0 Å². The molecule has 0 aliphatic carbocycles. The molecule has 0 bridgehead atoms. The number of hydrogen-bond donors (Lipinski definition) is 0. The Labute approximate surface area is 49.9 Å². The van der Waals surface area contributed by atoms with Crippen molar-refractivity contribution in [2.24, 2.45) is 4.99 Å². The maximum atomic E-state index is 4.92. The molecule has 0 aromatic carbocycles. The van der Waals surface area contributed by atoms with Crippen LogP contribution in [-0.4, -0.2) is 13.3 Å². The molecule has 0 saturated carbocycles. The zero-order valence-corrected chi connectivity index (χ0v) is 5.18. The first kappa shape index (κ1) is 7.21. The minimum absolute atomic E-state index is 0.409. The topological polar surface area (TPSA) is 21.6 Å². The van der Waals surface area contributed by atoms with Gasteiger partial charge in [-0.2, -0.15) is 0 Å². The Kier molecular flexibility index (Phi) is 3.94. The van der Waals surface area contributed by atoms with Gasteiger partial charge in [0.1, 0.15) is 0 Å². The molecule has 0 atom stereocenters. The number of rotatable bonds is 4. The molecule has 8 heavy (non-hydrogen) atoms. The van der Waals surface area contributed by atoms with Crippen molar-refractivity contribution in [3.63, 3.8) is 0 Å². The standard InChI is InChI=1S/C6H11NO/c1-4-5-8-6(2)7-3/h2-5H2,1H3. The van der Waals surface area contributed by atoms with Gasteiger partial charge in [-0.05, 0) is 19.7 Å². The average Bonchev–Trinajstić information content (AvgIpc) is 1.83. The Morgan fingerprint density at radius 3 is 2.75 bits per heavy atom. The van der Waals surface area contributed by atoms with Crippen molar-refractivity contribution in [3.8, 4) is 0 Å². The summed E-state index contributed by atoms with van der Waals surface area (Å²) in [6, 6.07) is 0. The lowest BCUT2D eigenvalue weighted by molar-refractivity contribution is 0.213. The summed E-state index contributed by atoms with van der Waals surface area (Å²) in [5, 5.41) is 0. The first-order chi connectivity index (χ1) is 3.81. The molecule has 0 rings (SSSR count). The Hall–Kier alpha value is -0.790. The highest BCUT2D eigenvalue weighted by Crippen LogP contribution is 1.92. The minimum atomic E-state index is 0.409. The molecule has 0 aliphatic rings. The summed E-state index contributed by atoms with van der Waals surface area (Å²) in [5.41, 5.74) is 0. The van der Waals surface area contributed by atoms with E-state index in [-0.39, 0.29) is 0 Å². The molecule has 0 radical (unpaired) electrons. The molecule has 0 spiro atoms. The van der Waals surface area contributed by atoms with E-state index in [2.05, 4.69) is 18.3 Å². The van der Waals surface area contributed by atoms with E-state index in [0.717, 1.165) is 6.42 Å². The highest BCUT2D eigenvalue weighted by Gasteiger charge is 1.83. The highest BCUT2D eigenvalue weighted by molar-refractivity contribution is 5.26. The van der Waals surface area contributed by atoms with Crippen LogP contribution in [0.4, 0.5) is 0 Å². The lowest BCUT2D eigenvalue weighted by Gasteiger charge is -1.99. The van der Waals surface area contributed by atoms with Gasteiger partial charge in [0.15, 0.2) is 0 Å². The number of hydrogen-bond acceptors (Lipinski definition) is 2. The van der Waals surface area contributed by atoms with Crippen LogP contribution in [0.25, 0.3) is 0 Å². The zero-order chi connectivity index (χ0) is 6.41. The van der Waals surface area contributed by atoms with E-state index in [0.29, 0.717) is 12.5 Å². The predicted molar refractivity (Wildman–Crippen MR) is 34.9 cm³/mol. The summed E-state index contributed by atoms with van der Waals surface area (Å²) in [7, 11) is 0. The van der Waals surface area contributed by atoms with Gasteiger partial charge < -0.3 is 4.74 Å². The van der Waals surface area contributed by atoms with Gasteiger partial charge in [-0.25, -0.2) is 4.99 Å². The third kappa shape index (κ3) is 3.40. The summed E-state index contributed by atoms with van der Waals surface area (Å²) < 4.78 is 4.92. The van der Waals surface area contributed by atoms with Crippen molar-refractivity contribution in [2.45, 2.75) is 13.3 Å². The fourth-order valence-electron chi connectivity index (χ4n) is 0.266. The van der Waals surface area contributed by atoms with E-state index in [9.17, 15) is 0 Å². The summed E-state index contributed by atoms with van der Waals surface area (Å²) in [4.78, 5) is 3.46. The van der Waals surface area contributed by atoms with Crippen LogP contribution in [0.5, 0.6) is 0 Å². The van der Waals surface area contributed by atoms with Crippen LogP contribution in [0.1, 0.15) is 13.3 Å². The summed E-state index contributed by atoms with van der Waals surface area (Å²) >= 11 is 0. The van der Waals surface area contributed by atoms with Gasteiger partial charge in [0.05, 0.1) is 6.61 Å². The molecule has 0 aromatic heterocycles. The van der Waals surface area contributed by atoms with E-state index < -0.39 is 0 Å². The molecule has 0 unspecified atom stereocenters. The van der Waals surface area contributed by atoms with Crippen LogP contribution in [0.3, 0.4) is 0 Å². The van der Waals surface area contributed by atoms with Crippen LogP contribution in [0.2, 0.25) is 0 Å². The molecule has 0 aromatic rings. The number of aliphatic imine (C=N–C) groups is 1. The minimum Gasteiger partial charge on any atom is -0.478 e. The van der Waals surface area contributed by atoms with Gasteiger partial charge in [-0.3, -0.25) is 0 Å². The number of nitrogens with zero attached hydrogens (tertiary/aromatic N) is 1. The summed E-state index contributed by atoms with van der Waals surface area (Å²) in [6.45, 7) is 9.40. The Morgan fingerprint density at radius 1 is 1.75 bits per heavy atom. The molecular formula is C6H11NO. The maximum absolute atomic E-state index is 4.92. The summed E-state index contributed by atoms with van der Waals surface area (Å²) in [5.74, 6) is 0.409. The second-order valence-corrected chi connectivity index (χ2v) is 1.40. The van der Waals surface area contributed by atoms with E-state index in [1.54, 1.807) is 0 Å². The van der Waals surface area contributed by atoms with E-state index in [4.69, 9.17) is 4.74 Å². The average molecular weight is 113 g/mol. The predicted octanol–water partition coefficient (Wildman–Crippen LogP) is 1.58. The lowest BCUT2D eigenvalue weighted by Crippen LogP contribution is -1.88. The first-order valence-electron chi connectivity index (χ1n) is 2.59. The quantitative estimate of drug-likeness (QED) is 0.400. The van der Waals surface area contributed by atoms with Crippen LogP contribution < -0.4 is 0 Å². The first-order valence-corrected chi connectivity index (χ1v) is 2.59. The van der Waals surface area contributed by atoms with Gasteiger partial charge in [0.2, 0.25) is 5.88 Å². The van der Waals surface area contributed by atoms with Crippen molar-refractivity contribution in [1.29, 1.82) is 0 Å². The molecular weight excluding hydrogens is 102 g/mol. The Bertz CT molecular complexity index is 88.5. The molecule has 0 saturated heterocycles. The second kappa shape index (κ2) is 4.37. The van der Waals surface area contributed by atoms with Crippen LogP contribution in [0.15, 0.2) is 17.5 Å². The van der Waals surface area contributed by atoms with Crippen LogP contribution in [-0.2, 0) is 4.74 Å². The van der Waals surface area contributed by atoms with Crippen molar-refractivity contribution in [1.82, 2.24) is 0 Å². The Morgan fingerprint density at radius 2 is 2.38 bits per heavy atom. The lowest BCUT2D eigenvalue weighted by atomic mass is 10.5. The molecule has 46 valence electrons. The molecule has 0 amide bonds. The SMILES string of the molecule is C=NC(=C)OCCC. The van der Waals surface area contributed by atoms with Gasteiger partial charge in [0, 0.05) is 0 Å². The largest absolute Gasteiger partial charge is 0.478 e.